The van der Waals surface area contributed by atoms with Crippen molar-refractivity contribution in [3.63, 3.8) is 0 Å². The average Bonchev–Trinajstić information content (AvgIpc) is 2.42. The summed E-state index contributed by atoms with van der Waals surface area (Å²) in [6.45, 7) is 9.26. The maximum Gasteiger partial charge on any atom is 0.407 e. The molecule has 0 atom stereocenters. The number of amides is 1. The number of alkyl carbamates (subject to hydrolysis) is 1. The van der Waals surface area contributed by atoms with Gasteiger partial charge in [-0.05, 0) is 51.8 Å². The van der Waals surface area contributed by atoms with Crippen LogP contribution in [0.2, 0.25) is 0 Å². The lowest BCUT2D eigenvalue weighted by molar-refractivity contribution is -0.145. The molecular weight excluding hydrogens is 298 g/mol. The van der Waals surface area contributed by atoms with E-state index in [1.165, 1.54) is 0 Å². The van der Waals surface area contributed by atoms with Gasteiger partial charge in [-0.25, -0.2) is 9.59 Å². The number of esters is 1. The van der Waals surface area contributed by atoms with Gasteiger partial charge in [0.15, 0.2) is 6.61 Å². The Kier molecular flexibility index (Phi) is 6.88. The van der Waals surface area contributed by atoms with Crippen LogP contribution in [0.3, 0.4) is 0 Å². The molecule has 1 N–H and O–H groups in total. The molecule has 1 aromatic rings. The second-order valence-corrected chi connectivity index (χ2v) is 6.21. The SMILES string of the molecule is Cc1ccc(C)c(OCC(=O)OCCNC(=O)OC(C)(C)C)c1. The number of carbonyl (C=O) groups excluding carboxylic acids is 2. The van der Waals surface area contributed by atoms with Gasteiger partial charge in [0, 0.05) is 0 Å². The van der Waals surface area contributed by atoms with Gasteiger partial charge >= 0.3 is 12.1 Å². The number of ether oxygens (including phenoxy) is 3. The molecule has 0 heterocycles. The Bertz CT molecular complexity index is 548. The highest BCUT2D eigenvalue weighted by atomic mass is 16.6. The summed E-state index contributed by atoms with van der Waals surface area (Å²) in [6, 6.07) is 5.77. The van der Waals surface area contributed by atoms with E-state index in [0.717, 1.165) is 11.1 Å². The highest BCUT2D eigenvalue weighted by Crippen LogP contribution is 2.18. The molecule has 6 nitrogen and oxygen atoms in total. The van der Waals surface area contributed by atoms with E-state index in [-0.39, 0.29) is 19.8 Å². The third-order valence-electron chi connectivity index (χ3n) is 2.72. The number of nitrogens with one attached hydrogen (secondary N) is 1. The molecule has 23 heavy (non-hydrogen) atoms. The number of aryl methyl sites for hydroxylation is 2. The first-order valence-electron chi connectivity index (χ1n) is 7.50. The molecule has 0 aliphatic heterocycles. The Morgan fingerprint density at radius 1 is 1.17 bits per heavy atom. The van der Waals surface area contributed by atoms with Crippen LogP contribution in [0.5, 0.6) is 5.75 Å². The van der Waals surface area contributed by atoms with Gasteiger partial charge in [0.2, 0.25) is 0 Å². The zero-order valence-corrected chi connectivity index (χ0v) is 14.4. The predicted molar refractivity (Wildman–Crippen MR) is 86.6 cm³/mol. The first kappa shape index (κ1) is 18.8. The smallest absolute Gasteiger partial charge is 0.407 e. The maximum absolute atomic E-state index is 11.6. The van der Waals surface area contributed by atoms with Gasteiger partial charge in [0.05, 0.1) is 6.54 Å². The third-order valence-corrected chi connectivity index (χ3v) is 2.72. The van der Waals surface area contributed by atoms with Crippen LogP contribution in [-0.4, -0.2) is 37.4 Å². The van der Waals surface area contributed by atoms with Gasteiger partial charge in [0.1, 0.15) is 18.0 Å². The van der Waals surface area contributed by atoms with E-state index < -0.39 is 17.7 Å². The predicted octanol–water partition coefficient (Wildman–Crippen LogP) is 2.75. The van der Waals surface area contributed by atoms with Crippen LogP contribution in [0.1, 0.15) is 31.9 Å². The van der Waals surface area contributed by atoms with Gasteiger partial charge in [0.25, 0.3) is 0 Å². The van der Waals surface area contributed by atoms with Crippen molar-refractivity contribution in [3.8, 4) is 5.75 Å². The minimum Gasteiger partial charge on any atom is -0.482 e. The zero-order valence-electron chi connectivity index (χ0n) is 14.4. The molecule has 0 aliphatic rings. The fourth-order valence-corrected chi connectivity index (χ4v) is 1.67. The standard InChI is InChI=1S/C17H25NO5/c1-12-6-7-13(2)14(10-12)22-11-15(19)21-9-8-18-16(20)23-17(3,4)5/h6-7,10H,8-9,11H2,1-5H3,(H,18,20). The fraction of sp³-hybridized carbons (Fsp3) is 0.529. The summed E-state index contributed by atoms with van der Waals surface area (Å²) in [6.07, 6.45) is -0.541. The fourth-order valence-electron chi connectivity index (χ4n) is 1.67. The lowest BCUT2D eigenvalue weighted by atomic mass is 10.1. The van der Waals surface area contributed by atoms with Gasteiger partial charge in [-0.2, -0.15) is 0 Å². The number of benzene rings is 1. The van der Waals surface area contributed by atoms with Gasteiger partial charge in [-0.3, -0.25) is 0 Å². The molecule has 0 aromatic heterocycles. The largest absolute Gasteiger partial charge is 0.482 e. The van der Waals surface area contributed by atoms with Crippen molar-refractivity contribution in [2.75, 3.05) is 19.8 Å². The number of carbonyl (C=O) groups is 2. The molecule has 0 bridgehead atoms. The first-order chi connectivity index (χ1) is 10.7. The molecule has 0 saturated heterocycles. The monoisotopic (exact) mass is 323 g/mol. The summed E-state index contributed by atoms with van der Waals surface area (Å²) in [7, 11) is 0. The number of hydrogen-bond donors (Lipinski definition) is 1. The summed E-state index contributed by atoms with van der Waals surface area (Å²) in [5, 5.41) is 2.51. The van der Waals surface area contributed by atoms with Crippen LogP contribution in [-0.2, 0) is 14.3 Å². The van der Waals surface area contributed by atoms with Crippen LogP contribution in [0, 0.1) is 13.8 Å². The summed E-state index contributed by atoms with van der Waals surface area (Å²) in [4.78, 5) is 23.0. The Morgan fingerprint density at radius 2 is 1.87 bits per heavy atom. The Morgan fingerprint density at radius 3 is 2.52 bits per heavy atom. The van der Waals surface area contributed by atoms with E-state index >= 15 is 0 Å². The van der Waals surface area contributed by atoms with Crippen LogP contribution < -0.4 is 10.1 Å². The minimum absolute atomic E-state index is 0.0637. The number of rotatable bonds is 6. The summed E-state index contributed by atoms with van der Waals surface area (Å²) in [5.74, 6) is 0.172. The van der Waals surface area contributed by atoms with Crippen LogP contribution in [0.15, 0.2) is 18.2 Å². The van der Waals surface area contributed by atoms with Crippen molar-refractivity contribution in [3.05, 3.63) is 29.3 Å². The normalized spacial score (nSPS) is 10.8. The van der Waals surface area contributed by atoms with E-state index in [1.807, 2.05) is 32.0 Å². The highest BCUT2D eigenvalue weighted by molar-refractivity contribution is 5.71. The second kappa shape index (κ2) is 8.41. The van der Waals surface area contributed by atoms with Crippen LogP contribution >= 0.6 is 0 Å². The summed E-state index contributed by atoms with van der Waals surface area (Å²) in [5.41, 5.74) is 1.45. The van der Waals surface area contributed by atoms with E-state index in [0.29, 0.717) is 5.75 Å². The molecule has 6 heteroatoms. The Hall–Kier alpha value is -2.24. The molecule has 0 radical (unpaired) electrons. The molecule has 0 spiro atoms. The molecule has 1 aromatic carbocycles. The molecule has 1 amide bonds. The van der Waals surface area contributed by atoms with Crippen molar-refractivity contribution in [2.45, 2.75) is 40.2 Å². The molecule has 0 unspecified atom stereocenters. The molecule has 0 fully saturated rings. The summed E-state index contributed by atoms with van der Waals surface area (Å²) >= 11 is 0. The van der Waals surface area contributed by atoms with Gasteiger partial charge < -0.3 is 19.5 Å². The van der Waals surface area contributed by atoms with E-state index in [9.17, 15) is 9.59 Å². The Balaban J connectivity index is 2.22. The molecule has 0 aliphatic carbocycles. The second-order valence-electron chi connectivity index (χ2n) is 6.21. The minimum atomic E-state index is -0.555. The van der Waals surface area contributed by atoms with Crippen molar-refractivity contribution >= 4 is 12.1 Å². The topological polar surface area (TPSA) is 73.9 Å². The van der Waals surface area contributed by atoms with Gasteiger partial charge in [-0.1, -0.05) is 12.1 Å². The zero-order chi connectivity index (χ0) is 17.5. The van der Waals surface area contributed by atoms with E-state index in [4.69, 9.17) is 14.2 Å². The summed E-state index contributed by atoms with van der Waals surface area (Å²) < 4.78 is 15.5. The molecule has 128 valence electrons. The van der Waals surface area contributed by atoms with Crippen LogP contribution in [0.25, 0.3) is 0 Å². The third kappa shape index (κ3) is 8.09. The average molecular weight is 323 g/mol. The maximum atomic E-state index is 11.6. The van der Waals surface area contributed by atoms with E-state index in [2.05, 4.69) is 5.32 Å². The van der Waals surface area contributed by atoms with E-state index in [1.54, 1.807) is 20.8 Å². The van der Waals surface area contributed by atoms with Crippen molar-refractivity contribution in [1.82, 2.24) is 5.32 Å². The molecule has 1 rings (SSSR count). The molecule has 0 saturated carbocycles. The Labute approximate surface area is 137 Å². The van der Waals surface area contributed by atoms with Crippen molar-refractivity contribution in [2.24, 2.45) is 0 Å². The molecular formula is C17H25NO5. The first-order valence-corrected chi connectivity index (χ1v) is 7.50. The van der Waals surface area contributed by atoms with Crippen molar-refractivity contribution in [1.29, 1.82) is 0 Å². The van der Waals surface area contributed by atoms with Gasteiger partial charge in [-0.15, -0.1) is 0 Å². The lowest BCUT2D eigenvalue weighted by Gasteiger charge is -2.19. The lowest BCUT2D eigenvalue weighted by Crippen LogP contribution is -2.34. The van der Waals surface area contributed by atoms with Crippen molar-refractivity contribution < 1.29 is 23.8 Å². The quantitative estimate of drug-likeness (QED) is 0.643. The van der Waals surface area contributed by atoms with Crippen LogP contribution in [0.4, 0.5) is 4.79 Å². The highest BCUT2D eigenvalue weighted by Gasteiger charge is 2.15. The number of hydrogen-bond acceptors (Lipinski definition) is 5.